The molecule has 3 amide bonds. The van der Waals surface area contributed by atoms with Crippen molar-refractivity contribution >= 4 is 23.5 Å². The maximum absolute atomic E-state index is 12.7. The molecule has 2 fully saturated rings. The molecular formula is C18H23N5O3. The molecular weight excluding hydrogens is 334 g/mol. The molecule has 8 nitrogen and oxygen atoms in total. The monoisotopic (exact) mass is 357 g/mol. The lowest BCUT2D eigenvalue weighted by atomic mass is 9.91. The van der Waals surface area contributed by atoms with Crippen LogP contribution in [0.5, 0.6) is 0 Å². The summed E-state index contributed by atoms with van der Waals surface area (Å²) < 4.78 is 0. The van der Waals surface area contributed by atoms with Gasteiger partial charge in [-0.15, -0.1) is 0 Å². The molecule has 0 aliphatic carbocycles. The van der Waals surface area contributed by atoms with Crippen molar-refractivity contribution in [2.24, 2.45) is 5.92 Å². The van der Waals surface area contributed by atoms with Crippen molar-refractivity contribution in [3.8, 4) is 0 Å². The number of aromatic nitrogens is 1. The molecule has 8 heteroatoms. The van der Waals surface area contributed by atoms with E-state index in [-0.39, 0.29) is 23.6 Å². The van der Waals surface area contributed by atoms with Crippen molar-refractivity contribution in [2.75, 3.05) is 38.6 Å². The molecule has 26 heavy (non-hydrogen) atoms. The number of rotatable bonds is 1. The van der Waals surface area contributed by atoms with Crippen molar-refractivity contribution < 1.29 is 14.4 Å². The lowest BCUT2D eigenvalue weighted by molar-refractivity contribution is -0.137. The van der Waals surface area contributed by atoms with E-state index in [0.29, 0.717) is 50.3 Å². The average Bonchev–Trinajstić information content (AvgIpc) is 2.99. The van der Waals surface area contributed by atoms with E-state index < -0.39 is 5.66 Å². The number of nitrogens with one attached hydrogen (secondary N) is 1. The van der Waals surface area contributed by atoms with Crippen LogP contribution in [0.4, 0.5) is 5.82 Å². The summed E-state index contributed by atoms with van der Waals surface area (Å²) in [6.45, 7) is 1.60. The van der Waals surface area contributed by atoms with Gasteiger partial charge in [0.15, 0.2) is 0 Å². The Balaban J connectivity index is 1.47. The maximum atomic E-state index is 12.7. The predicted octanol–water partition coefficient (Wildman–Crippen LogP) is 0.0582. The van der Waals surface area contributed by atoms with E-state index in [1.54, 1.807) is 30.3 Å². The number of carbonyl (C=O) groups is 3. The van der Waals surface area contributed by atoms with Crippen molar-refractivity contribution in [2.45, 2.75) is 24.9 Å². The fraction of sp³-hybridized carbons (Fsp3) is 0.556. The van der Waals surface area contributed by atoms with Crippen LogP contribution < -0.4 is 10.2 Å². The zero-order valence-corrected chi connectivity index (χ0v) is 15.1. The van der Waals surface area contributed by atoms with Gasteiger partial charge in [0.05, 0.1) is 11.5 Å². The number of amides is 3. The molecule has 138 valence electrons. The fourth-order valence-electron chi connectivity index (χ4n) is 4.25. The Labute approximate surface area is 152 Å². The van der Waals surface area contributed by atoms with Gasteiger partial charge in [-0.2, -0.15) is 0 Å². The Hall–Kier alpha value is -2.64. The first-order valence-electron chi connectivity index (χ1n) is 8.95. The summed E-state index contributed by atoms with van der Waals surface area (Å²) in [5.41, 5.74) is 0.0592. The first-order chi connectivity index (χ1) is 12.4. The highest BCUT2D eigenvalue weighted by Crippen LogP contribution is 2.35. The smallest absolute Gasteiger partial charge is 0.256 e. The largest absolute Gasteiger partial charge is 0.345 e. The topological polar surface area (TPSA) is 85.8 Å². The van der Waals surface area contributed by atoms with Gasteiger partial charge in [-0.3, -0.25) is 14.4 Å². The average molecular weight is 357 g/mol. The molecule has 3 aliphatic rings. The second-order valence-electron chi connectivity index (χ2n) is 7.42. The number of pyridine rings is 1. The van der Waals surface area contributed by atoms with Crippen LogP contribution in [-0.4, -0.2) is 71.9 Å². The SMILES string of the molecule is CN1C[C@H](C(=O)N2CCC3(CC2)NC(=O)c2cccnc2N3C)CC1=O. The third-order valence-corrected chi connectivity index (χ3v) is 5.93. The predicted molar refractivity (Wildman–Crippen MR) is 94.4 cm³/mol. The molecule has 1 N–H and O–H groups in total. The summed E-state index contributed by atoms with van der Waals surface area (Å²) in [5.74, 6) is 0.385. The Morgan fingerprint density at radius 2 is 2.00 bits per heavy atom. The maximum Gasteiger partial charge on any atom is 0.256 e. The first kappa shape index (κ1) is 16.8. The Morgan fingerprint density at radius 1 is 1.27 bits per heavy atom. The summed E-state index contributed by atoms with van der Waals surface area (Å²) in [6.07, 6.45) is 3.25. The van der Waals surface area contributed by atoms with E-state index in [4.69, 9.17) is 0 Å². The second kappa shape index (κ2) is 5.96. The zero-order chi connectivity index (χ0) is 18.5. The quantitative estimate of drug-likeness (QED) is 0.768. The summed E-state index contributed by atoms with van der Waals surface area (Å²) in [5, 5.41) is 3.13. The van der Waals surface area contributed by atoms with Crippen LogP contribution in [0.3, 0.4) is 0 Å². The van der Waals surface area contributed by atoms with Crippen LogP contribution in [0.25, 0.3) is 0 Å². The molecule has 0 saturated carbocycles. The number of hydrogen-bond acceptors (Lipinski definition) is 5. The molecule has 0 aromatic carbocycles. The van der Waals surface area contributed by atoms with Gasteiger partial charge in [-0.25, -0.2) is 4.98 Å². The summed E-state index contributed by atoms with van der Waals surface area (Å²) in [6, 6.07) is 3.53. The molecule has 0 unspecified atom stereocenters. The van der Waals surface area contributed by atoms with Gasteiger partial charge in [-0.1, -0.05) is 0 Å². The number of likely N-dealkylation sites (tertiary alicyclic amines) is 2. The lowest BCUT2D eigenvalue weighted by Crippen LogP contribution is -2.67. The van der Waals surface area contributed by atoms with Crippen LogP contribution >= 0.6 is 0 Å². The molecule has 1 atom stereocenters. The molecule has 3 aliphatic heterocycles. The third kappa shape index (κ3) is 2.51. The zero-order valence-electron chi connectivity index (χ0n) is 15.1. The van der Waals surface area contributed by atoms with Crippen LogP contribution in [-0.2, 0) is 9.59 Å². The minimum absolute atomic E-state index is 0.0267. The second-order valence-corrected chi connectivity index (χ2v) is 7.42. The van der Waals surface area contributed by atoms with Gasteiger partial charge in [0.25, 0.3) is 5.91 Å². The van der Waals surface area contributed by atoms with Crippen LogP contribution in [0.15, 0.2) is 18.3 Å². The minimum Gasteiger partial charge on any atom is -0.345 e. The summed E-state index contributed by atoms with van der Waals surface area (Å²) in [4.78, 5) is 46.8. The summed E-state index contributed by atoms with van der Waals surface area (Å²) >= 11 is 0. The number of fused-ring (bicyclic) bond motifs is 1. The van der Waals surface area contributed by atoms with E-state index >= 15 is 0 Å². The van der Waals surface area contributed by atoms with E-state index in [2.05, 4.69) is 10.3 Å². The number of carbonyl (C=O) groups excluding carboxylic acids is 3. The van der Waals surface area contributed by atoms with Crippen LogP contribution in [0.1, 0.15) is 29.6 Å². The Kier molecular flexibility index (Phi) is 3.86. The third-order valence-electron chi connectivity index (χ3n) is 5.93. The normalized spacial score (nSPS) is 24.7. The van der Waals surface area contributed by atoms with E-state index in [9.17, 15) is 14.4 Å². The number of hydrogen-bond donors (Lipinski definition) is 1. The Morgan fingerprint density at radius 3 is 2.65 bits per heavy atom. The van der Waals surface area contributed by atoms with Gasteiger partial charge in [0, 0.05) is 59.2 Å². The van der Waals surface area contributed by atoms with Crippen molar-refractivity contribution in [3.63, 3.8) is 0 Å². The highest BCUT2D eigenvalue weighted by Gasteiger charge is 2.46. The molecule has 0 bridgehead atoms. The number of piperidine rings is 1. The van der Waals surface area contributed by atoms with Crippen molar-refractivity contribution in [3.05, 3.63) is 23.9 Å². The molecule has 1 spiro atoms. The molecule has 1 aromatic rings. The van der Waals surface area contributed by atoms with E-state index in [0.717, 1.165) is 0 Å². The molecule has 4 rings (SSSR count). The van der Waals surface area contributed by atoms with Crippen LogP contribution in [0, 0.1) is 5.92 Å². The summed E-state index contributed by atoms with van der Waals surface area (Å²) in [7, 11) is 3.67. The molecule has 4 heterocycles. The molecule has 0 radical (unpaired) electrons. The van der Waals surface area contributed by atoms with Gasteiger partial charge in [0.1, 0.15) is 11.5 Å². The fourth-order valence-corrected chi connectivity index (χ4v) is 4.25. The lowest BCUT2D eigenvalue weighted by Gasteiger charge is -2.50. The van der Waals surface area contributed by atoms with Gasteiger partial charge in [-0.05, 0) is 12.1 Å². The minimum atomic E-state index is -0.516. The van der Waals surface area contributed by atoms with Crippen LogP contribution in [0.2, 0.25) is 0 Å². The van der Waals surface area contributed by atoms with Crippen molar-refractivity contribution in [1.29, 1.82) is 0 Å². The standard InChI is InChI=1S/C18H23N5O3/c1-21-11-12(10-14(21)24)17(26)23-8-5-18(6-9-23)20-16(25)13-4-3-7-19-15(13)22(18)2/h3-4,7,12H,5-6,8-11H2,1-2H3,(H,20,25)/t12-/m1/s1. The molecule has 1 aromatic heterocycles. The van der Waals surface area contributed by atoms with E-state index in [1.165, 1.54) is 0 Å². The van der Waals surface area contributed by atoms with Crippen molar-refractivity contribution in [1.82, 2.24) is 20.1 Å². The highest BCUT2D eigenvalue weighted by molar-refractivity contribution is 6.01. The number of anilines is 1. The van der Waals surface area contributed by atoms with E-state index in [1.807, 2.05) is 16.8 Å². The van der Waals surface area contributed by atoms with Gasteiger partial charge in [0.2, 0.25) is 11.8 Å². The first-order valence-corrected chi connectivity index (χ1v) is 8.95. The Bertz CT molecular complexity index is 772. The van der Waals surface area contributed by atoms with Gasteiger partial charge >= 0.3 is 0 Å². The van der Waals surface area contributed by atoms with Gasteiger partial charge < -0.3 is 20.0 Å². The number of nitrogens with zero attached hydrogens (tertiary/aromatic N) is 4. The molecule has 2 saturated heterocycles. The highest BCUT2D eigenvalue weighted by atomic mass is 16.2.